The van der Waals surface area contributed by atoms with Crippen LogP contribution < -0.4 is 15.7 Å². The minimum Gasteiger partial charge on any atom is -0.548 e. The van der Waals surface area contributed by atoms with Crippen LogP contribution in [-0.2, 0) is 11.2 Å². The summed E-state index contributed by atoms with van der Waals surface area (Å²) in [5.74, 6) is -0.594. The third kappa shape index (κ3) is 7.36. The van der Waals surface area contributed by atoms with Gasteiger partial charge in [-0.3, -0.25) is 0 Å². The first kappa shape index (κ1) is 18.4. The molecule has 0 bridgehead atoms. The van der Waals surface area contributed by atoms with Crippen LogP contribution in [0.3, 0.4) is 0 Å². The van der Waals surface area contributed by atoms with Crippen molar-refractivity contribution in [3.8, 4) is 0 Å². The van der Waals surface area contributed by atoms with Crippen LogP contribution in [0.25, 0.3) is 0 Å². The second kappa shape index (κ2) is 10.1. The van der Waals surface area contributed by atoms with Gasteiger partial charge in [0.05, 0.1) is 12.0 Å². The van der Waals surface area contributed by atoms with E-state index in [1.807, 2.05) is 43.5 Å². The van der Waals surface area contributed by atoms with Crippen molar-refractivity contribution in [2.75, 3.05) is 12.0 Å². The van der Waals surface area contributed by atoms with Gasteiger partial charge in [0.15, 0.2) is 0 Å². The van der Waals surface area contributed by atoms with Gasteiger partial charge in [-0.2, -0.15) is 11.8 Å². The van der Waals surface area contributed by atoms with Crippen LogP contribution in [0.5, 0.6) is 0 Å². The van der Waals surface area contributed by atoms with Crippen molar-refractivity contribution in [1.29, 1.82) is 0 Å². The molecule has 0 fully saturated rings. The maximum absolute atomic E-state index is 11.8. The van der Waals surface area contributed by atoms with Gasteiger partial charge in [-0.15, -0.1) is 0 Å². The predicted molar refractivity (Wildman–Crippen MR) is 87.7 cm³/mol. The highest BCUT2D eigenvalue weighted by Gasteiger charge is 2.14. The molecule has 1 aromatic rings. The number of aliphatic carboxylic acids is 1. The van der Waals surface area contributed by atoms with Gasteiger partial charge in [0.1, 0.15) is 0 Å². The molecule has 0 saturated heterocycles. The number of hydrogen-bond acceptors (Lipinski definition) is 4. The van der Waals surface area contributed by atoms with Crippen molar-refractivity contribution >= 4 is 23.8 Å². The van der Waals surface area contributed by atoms with Crippen molar-refractivity contribution in [2.45, 2.75) is 38.3 Å². The maximum atomic E-state index is 11.8. The molecule has 0 unspecified atom stereocenters. The smallest absolute Gasteiger partial charge is 0.315 e. The highest BCUT2D eigenvalue weighted by Crippen LogP contribution is 2.05. The Morgan fingerprint density at radius 3 is 2.45 bits per heavy atom. The molecule has 0 aromatic heterocycles. The van der Waals surface area contributed by atoms with E-state index in [0.29, 0.717) is 12.2 Å². The molecule has 0 radical (unpaired) electrons. The number of carbonyl (C=O) groups is 2. The van der Waals surface area contributed by atoms with E-state index >= 15 is 0 Å². The normalized spacial score (nSPS) is 13.2. The fourth-order valence-corrected chi connectivity index (χ4v) is 2.48. The van der Waals surface area contributed by atoms with Gasteiger partial charge in [0, 0.05) is 6.04 Å². The number of nitrogens with one attached hydrogen (secondary N) is 2. The number of thioether (sulfide) groups is 1. The second-order valence-corrected chi connectivity index (χ2v) is 6.18. The third-order valence-corrected chi connectivity index (χ3v) is 3.93. The average Bonchev–Trinajstić information content (AvgIpc) is 2.50. The fraction of sp³-hybridized carbons (Fsp3) is 0.500. The molecule has 5 nitrogen and oxygen atoms in total. The van der Waals surface area contributed by atoms with Gasteiger partial charge in [-0.05, 0) is 43.8 Å². The summed E-state index contributed by atoms with van der Waals surface area (Å²) >= 11 is 1.53. The molecular formula is C16H23N2O3S-. The molecule has 2 N–H and O–H groups in total. The van der Waals surface area contributed by atoms with Gasteiger partial charge in [0.2, 0.25) is 0 Å². The predicted octanol–water partition coefficient (Wildman–Crippen LogP) is 1.18. The average molecular weight is 323 g/mol. The van der Waals surface area contributed by atoms with Crippen LogP contribution in [0.4, 0.5) is 4.79 Å². The molecule has 6 heteroatoms. The summed E-state index contributed by atoms with van der Waals surface area (Å²) in [6, 6.07) is 8.57. The molecule has 0 aliphatic rings. The highest BCUT2D eigenvalue weighted by molar-refractivity contribution is 7.98. The molecule has 2 atom stereocenters. The summed E-state index contributed by atoms with van der Waals surface area (Å²) < 4.78 is 0. The van der Waals surface area contributed by atoms with Crippen molar-refractivity contribution in [3.63, 3.8) is 0 Å². The lowest BCUT2D eigenvalue weighted by molar-refractivity contribution is -0.308. The lowest BCUT2D eigenvalue weighted by atomic mass is 10.1. The van der Waals surface area contributed by atoms with Crippen LogP contribution in [0.1, 0.15) is 25.3 Å². The Hall–Kier alpha value is -1.69. The molecule has 22 heavy (non-hydrogen) atoms. The number of carboxylic acids is 1. The zero-order valence-electron chi connectivity index (χ0n) is 13.0. The molecule has 1 rings (SSSR count). The minimum atomic E-state index is -1.25. The van der Waals surface area contributed by atoms with E-state index in [4.69, 9.17) is 0 Å². The van der Waals surface area contributed by atoms with Crippen molar-refractivity contribution in [1.82, 2.24) is 10.6 Å². The van der Waals surface area contributed by atoms with Gasteiger partial charge in [-0.1, -0.05) is 30.3 Å². The van der Waals surface area contributed by atoms with Crippen LogP contribution >= 0.6 is 11.8 Å². The number of rotatable bonds is 9. The van der Waals surface area contributed by atoms with E-state index in [1.165, 1.54) is 17.3 Å². The van der Waals surface area contributed by atoms with Crippen molar-refractivity contribution < 1.29 is 14.7 Å². The van der Waals surface area contributed by atoms with E-state index in [1.54, 1.807) is 0 Å². The molecular weight excluding hydrogens is 300 g/mol. The summed E-state index contributed by atoms with van der Waals surface area (Å²) in [7, 11) is 0. The largest absolute Gasteiger partial charge is 0.548 e. The molecule has 0 aliphatic carbocycles. The molecule has 122 valence electrons. The Balaban J connectivity index is 2.34. The van der Waals surface area contributed by atoms with Gasteiger partial charge in [0.25, 0.3) is 0 Å². The lowest BCUT2D eigenvalue weighted by Gasteiger charge is -2.21. The standard InChI is InChI=1S/C16H24N2O3S/c1-12(8-9-13-6-4-3-5-7-13)17-16(21)18-14(15(19)20)10-11-22-2/h3-7,12,14H,8-11H2,1-2H3,(H,19,20)(H2,17,18,21)/p-1/t12-,14+/m1/s1. The Morgan fingerprint density at radius 1 is 1.18 bits per heavy atom. The van der Waals surface area contributed by atoms with Gasteiger partial charge >= 0.3 is 6.03 Å². The number of amides is 2. The van der Waals surface area contributed by atoms with Crippen molar-refractivity contribution in [2.24, 2.45) is 0 Å². The number of carboxylic acid groups (broad SMARTS) is 1. The molecule has 1 aromatic carbocycles. The number of urea groups is 1. The minimum absolute atomic E-state index is 0.0387. The summed E-state index contributed by atoms with van der Waals surface area (Å²) in [5, 5.41) is 16.2. The monoisotopic (exact) mass is 323 g/mol. The zero-order valence-corrected chi connectivity index (χ0v) is 13.8. The van der Waals surface area contributed by atoms with E-state index in [2.05, 4.69) is 10.6 Å². The van der Waals surface area contributed by atoms with Gasteiger partial charge < -0.3 is 20.5 Å². The summed E-state index contributed by atoms with van der Waals surface area (Å²) in [6.07, 6.45) is 3.89. The SMILES string of the molecule is CSCC[C@H](NC(=O)N[C@H](C)CCc1ccccc1)C(=O)[O-]. The number of carbonyl (C=O) groups excluding carboxylic acids is 2. The summed E-state index contributed by atoms with van der Waals surface area (Å²) in [4.78, 5) is 22.8. The summed E-state index contributed by atoms with van der Waals surface area (Å²) in [5.41, 5.74) is 1.21. The first-order valence-electron chi connectivity index (χ1n) is 7.33. The number of benzene rings is 1. The number of hydrogen-bond donors (Lipinski definition) is 2. The molecule has 0 spiro atoms. The van der Waals surface area contributed by atoms with E-state index in [-0.39, 0.29) is 6.04 Å². The van der Waals surface area contributed by atoms with Gasteiger partial charge in [-0.25, -0.2) is 4.79 Å². The Labute approximate surface area is 135 Å². The third-order valence-electron chi connectivity index (χ3n) is 3.29. The van der Waals surface area contributed by atoms with Crippen LogP contribution in [0, 0.1) is 0 Å². The fourth-order valence-electron chi connectivity index (χ4n) is 2.01. The molecule has 0 saturated carbocycles. The van der Waals surface area contributed by atoms with Crippen LogP contribution in [0.2, 0.25) is 0 Å². The van der Waals surface area contributed by atoms with Crippen LogP contribution in [0.15, 0.2) is 30.3 Å². The molecule has 0 heterocycles. The lowest BCUT2D eigenvalue weighted by Crippen LogP contribution is -2.52. The first-order valence-corrected chi connectivity index (χ1v) is 8.73. The Kier molecular flexibility index (Phi) is 8.43. The van der Waals surface area contributed by atoms with E-state index < -0.39 is 18.0 Å². The van der Waals surface area contributed by atoms with Crippen molar-refractivity contribution in [3.05, 3.63) is 35.9 Å². The Bertz CT molecular complexity index is 468. The van der Waals surface area contributed by atoms with E-state index in [9.17, 15) is 14.7 Å². The first-order chi connectivity index (χ1) is 10.5. The van der Waals surface area contributed by atoms with Crippen LogP contribution in [-0.4, -0.2) is 36.1 Å². The number of aryl methyl sites for hydroxylation is 1. The Morgan fingerprint density at radius 2 is 1.86 bits per heavy atom. The maximum Gasteiger partial charge on any atom is 0.315 e. The second-order valence-electron chi connectivity index (χ2n) is 5.20. The quantitative estimate of drug-likeness (QED) is 0.715. The van der Waals surface area contributed by atoms with E-state index in [0.717, 1.165) is 12.8 Å². The molecule has 0 aliphatic heterocycles. The summed E-state index contributed by atoms with van der Waals surface area (Å²) in [6.45, 7) is 1.90. The highest BCUT2D eigenvalue weighted by atomic mass is 32.2. The molecule has 2 amide bonds. The topological polar surface area (TPSA) is 81.3 Å². The zero-order chi connectivity index (χ0) is 16.4.